The zero-order valence-corrected chi connectivity index (χ0v) is 12.5. The van der Waals surface area contributed by atoms with Gasteiger partial charge in [-0.25, -0.2) is 8.42 Å². The Morgan fingerprint density at radius 3 is 2.52 bits per heavy atom. The summed E-state index contributed by atoms with van der Waals surface area (Å²) in [5, 5.41) is 18.5. The second-order valence-corrected chi connectivity index (χ2v) is 7.04. The van der Waals surface area contributed by atoms with Crippen molar-refractivity contribution in [3.8, 4) is 6.07 Å². The molecular formula is C13H13ClN2O4S. The molecular weight excluding hydrogens is 316 g/mol. The first kappa shape index (κ1) is 15.8. The summed E-state index contributed by atoms with van der Waals surface area (Å²) in [6, 6.07) is 5.61. The van der Waals surface area contributed by atoms with Crippen LogP contribution in [0.5, 0.6) is 0 Å². The van der Waals surface area contributed by atoms with Crippen molar-refractivity contribution in [2.24, 2.45) is 0 Å². The van der Waals surface area contributed by atoms with Gasteiger partial charge in [0.15, 0.2) is 0 Å². The number of aliphatic carboxylic acids is 1. The fraction of sp³-hybridized carbons (Fsp3) is 0.385. The molecule has 0 saturated heterocycles. The number of nitriles is 1. The molecule has 0 spiro atoms. The Kier molecular flexibility index (Phi) is 4.23. The van der Waals surface area contributed by atoms with Crippen LogP contribution in [0.1, 0.15) is 31.2 Å². The minimum Gasteiger partial charge on any atom is -0.480 e. The zero-order chi connectivity index (χ0) is 15.7. The van der Waals surface area contributed by atoms with Gasteiger partial charge in [0, 0.05) is 5.02 Å². The Balaban J connectivity index is 2.46. The fourth-order valence-electron chi connectivity index (χ4n) is 2.46. The summed E-state index contributed by atoms with van der Waals surface area (Å²) in [6.07, 6.45) is 1.72. The summed E-state index contributed by atoms with van der Waals surface area (Å²) in [7, 11) is -4.15. The topological polar surface area (TPSA) is 107 Å². The lowest BCUT2D eigenvalue weighted by Gasteiger charge is -2.25. The number of benzene rings is 1. The van der Waals surface area contributed by atoms with Crippen LogP contribution in [0.25, 0.3) is 0 Å². The molecule has 6 nitrogen and oxygen atoms in total. The number of carbonyl (C=O) groups is 1. The standard InChI is InChI=1S/C13H13ClN2O4S/c14-10-4-3-9(8-15)11(7-10)21(19,20)16-13(12(17)18)5-1-2-6-13/h3-4,7,16H,1-2,5-6H2,(H,17,18). The first-order valence-electron chi connectivity index (χ1n) is 6.28. The van der Waals surface area contributed by atoms with Crippen LogP contribution in [0.3, 0.4) is 0 Å². The van der Waals surface area contributed by atoms with Gasteiger partial charge in [-0.05, 0) is 31.0 Å². The van der Waals surface area contributed by atoms with Crippen molar-refractivity contribution in [2.75, 3.05) is 0 Å². The molecule has 1 aromatic carbocycles. The lowest BCUT2D eigenvalue weighted by Crippen LogP contribution is -2.52. The average molecular weight is 329 g/mol. The minimum atomic E-state index is -4.15. The smallest absolute Gasteiger partial charge is 0.324 e. The Morgan fingerprint density at radius 1 is 1.38 bits per heavy atom. The summed E-state index contributed by atoms with van der Waals surface area (Å²) in [4.78, 5) is 11.1. The maximum absolute atomic E-state index is 12.4. The molecule has 0 atom stereocenters. The van der Waals surface area contributed by atoms with Crippen LogP contribution in [-0.4, -0.2) is 25.0 Å². The van der Waals surface area contributed by atoms with Crippen molar-refractivity contribution in [1.29, 1.82) is 5.26 Å². The summed E-state index contributed by atoms with van der Waals surface area (Å²) in [5.41, 5.74) is -1.58. The third-order valence-corrected chi connectivity index (χ3v) is 5.36. The first-order valence-corrected chi connectivity index (χ1v) is 8.14. The summed E-state index contributed by atoms with van der Waals surface area (Å²) in [5.74, 6) is -1.20. The molecule has 0 heterocycles. The Morgan fingerprint density at radius 2 is 2.00 bits per heavy atom. The summed E-state index contributed by atoms with van der Waals surface area (Å²) >= 11 is 5.78. The molecule has 8 heteroatoms. The van der Waals surface area contributed by atoms with E-state index in [1.54, 1.807) is 6.07 Å². The van der Waals surface area contributed by atoms with E-state index in [-0.39, 0.29) is 28.3 Å². The molecule has 1 saturated carbocycles. The highest BCUT2D eigenvalue weighted by atomic mass is 35.5. The van der Waals surface area contributed by atoms with E-state index in [4.69, 9.17) is 16.9 Å². The van der Waals surface area contributed by atoms with Crippen LogP contribution < -0.4 is 4.72 Å². The molecule has 2 rings (SSSR count). The molecule has 2 N–H and O–H groups in total. The van der Waals surface area contributed by atoms with E-state index in [9.17, 15) is 18.3 Å². The molecule has 112 valence electrons. The number of sulfonamides is 1. The van der Waals surface area contributed by atoms with Crippen molar-refractivity contribution < 1.29 is 18.3 Å². The minimum absolute atomic E-state index is 0.0783. The van der Waals surface area contributed by atoms with Gasteiger partial charge in [0.2, 0.25) is 10.0 Å². The van der Waals surface area contributed by atoms with Crippen molar-refractivity contribution in [1.82, 2.24) is 4.72 Å². The molecule has 1 aromatic rings. The lowest BCUT2D eigenvalue weighted by atomic mass is 10.0. The summed E-state index contributed by atoms with van der Waals surface area (Å²) in [6.45, 7) is 0. The van der Waals surface area contributed by atoms with Crippen LogP contribution in [0.4, 0.5) is 0 Å². The van der Waals surface area contributed by atoms with Crippen molar-refractivity contribution in [3.05, 3.63) is 28.8 Å². The highest BCUT2D eigenvalue weighted by molar-refractivity contribution is 7.89. The Labute approximate surface area is 127 Å². The molecule has 0 radical (unpaired) electrons. The number of nitrogens with zero attached hydrogens (tertiary/aromatic N) is 1. The fourth-order valence-corrected chi connectivity index (χ4v) is 4.30. The quantitative estimate of drug-likeness (QED) is 0.877. The van der Waals surface area contributed by atoms with Gasteiger partial charge in [-0.3, -0.25) is 4.79 Å². The molecule has 0 aliphatic heterocycles. The van der Waals surface area contributed by atoms with E-state index >= 15 is 0 Å². The molecule has 1 fully saturated rings. The van der Waals surface area contributed by atoms with Crippen molar-refractivity contribution in [2.45, 2.75) is 36.1 Å². The number of rotatable bonds is 4. The van der Waals surface area contributed by atoms with Crippen molar-refractivity contribution in [3.63, 3.8) is 0 Å². The van der Waals surface area contributed by atoms with Crippen LogP contribution in [0, 0.1) is 11.3 Å². The predicted molar refractivity (Wildman–Crippen MR) is 75.3 cm³/mol. The zero-order valence-electron chi connectivity index (χ0n) is 11.0. The second kappa shape index (κ2) is 5.64. The number of hydrogen-bond donors (Lipinski definition) is 2. The van der Waals surface area contributed by atoms with Gasteiger partial charge in [0.25, 0.3) is 0 Å². The SMILES string of the molecule is N#Cc1ccc(Cl)cc1S(=O)(=O)NC1(C(=O)O)CCCC1. The molecule has 0 amide bonds. The average Bonchev–Trinajstić information content (AvgIpc) is 2.88. The van der Waals surface area contributed by atoms with Crippen LogP contribution in [0.15, 0.2) is 23.1 Å². The monoisotopic (exact) mass is 328 g/mol. The van der Waals surface area contributed by atoms with Crippen molar-refractivity contribution >= 4 is 27.6 Å². The Bertz CT molecular complexity index is 718. The van der Waals surface area contributed by atoms with E-state index in [2.05, 4.69) is 4.72 Å². The van der Waals surface area contributed by atoms with Crippen LogP contribution in [0.2, 0.25) is 5.02 Å². The van der Waals surface area contributed by atoms with Gasteiger partial charge < -0.3 is 5.11 Å². The molecule has 0 aromatic heterocycles. The van der Waals surface area contributed by atoms with E-state index in [1.807, 2.05) is 0 Å². The second-order valence-electron chi connectivity index (χ2n) is 4.95. The van der Waals surface area contributed by atoms with Crippen LogP contribution >= 0.6 is 11.6 Å². The molecule has 0 bridgehead atoms. The molecule has 0 unspecified atom stereocenters. The molecule has 21 heavy (non-hydrogen) atoms. The van der Waals surface area contributed by atoms with E-state index in [1.165, 1.54) is 12.1 Å². The normalized spacial score (nSPS) is 17.3. The largest absolute Gasteiger partial charge is 0.480 e. The third kappa shape index (κ3) is 3.02. The highest BCUT2D eigenvalue weighted by Gasteiger charge is 2.45. The van der Waals surface area contributed by atoms with Crippen LogP contribution in [-0.2, 0) is 14.8 Å². The van der Waals surface area contributed by atoms with E-state index < -0.39 is 21.5 Å². The number of nitrogens with one attached hydrogen (secondary N) is 1. The maximum Gasteiger partial charge on any atom is 0.324 e. The van der Waals surface area contributed by atoms with Gasteiger partial charge >= 0.3 is 5.97 Å². The predicted octanol–water partition coefficient (Wildman–Crippen LogP) is 1.89. The maximum atomic E-state index is 12.4. The van der Waals surface area contributed by atoms with Gasteiger partial charge in [-0.2, -0.15) is 9.98 Å². The van der Waals surface area contributed by atoms with Gasteiger partial charge in [0.05, 0.1) is 5.56 Å². The van der Waals surface area contributed by atoms with Gasteiger partial charge in [0.1, 0.15) is 16.5 Å². The van der Waals surface area contributed by atoms with E-state index in [0.29, 0.717) is 12.8 Å². The lowest BCUT2D eigenvalue weighted by molar-refractivity contribution is -0.143. The molecule has 1 aliphatic carbocycles. The summed E-state index contributed by atoms with van der Waals surface area (Å²) < 4.78 is 27.1. The highest BCUT2D eigenvalue weighted by Crippen LogP contribution is 2.32. The first-order chi connectivity index (χ1) is 9.81. The third-order valence-electron chi connectivity index (χ3n) is 3.55. The number of halogens is 1. The number of hydrogen-bond acceptors (Lipinski definition) is 4. The number of carboxylic acids is 1. The molecule has 1 aliphatic rings. The van der Waals surface area contributed by atoms with E-state index in [0.717, 1.165) is 6.07 Å². The Hall–Kier alpha value is -1.62. The van der Waals surface area contributed by atoms with Gasteiger partial charge in [-0.1, -0.05) is 24.4 Å². The number of carboxylic acid groups (broad SMARTS) is 1. The van der Waals surface area contributed by atoms with Gasteiger partial charge in [-0.15, -0.1) is 0 Å².